The van der Waals surface area contributed by atoms with Crippen LogP contribution in [0.15, 0.2) is 48.8 Å². The van der Waals surface area contributed by atoms with E-state index in [2.05, 4.69) is 20.1 Å². The lowest BCUT2D eigenvalue weighted by atomic mass is 9.93. The Bertz CT molecular complexity index is 2290. The second-order valence-corrected chi connectivity index (χ2v) is 16.8. The van der Waals surface area contributed by atoms with Crippen LogP contribution in [0.2, 0.25) is 0 Å². The third kappa shape index (κ3) is 7.27. The van der Waals surface area contributed by atoms with Gasteiger partial charge in [-0.15, -0.1) is 0 Å². The molecular formula is C38H39F3N6O5S. The van der Waals surface area contributed by atoms with Crippen LogP contribution in [-0.4, -0.2) is 79.1 Å². The van der Waals surface area contributed by atoms with Crippen LogP contribution in [0.25, 0.3) is 22.0 Å². The molecule has 4 aromatic rings. The minimum atomic E-state index is -4.70. The van der Waals surface area contributed by atoms with Crippen molar-refractivity contribution in [2.75, 3.05) is 11.5 Å². The summed E-state index contributed by atoms with van der Waals surface area (Å²) in [5.74, 6) is -0.732. The van der Waals surface area contributed by atoms with Crippen molar-refractivity contribution in [2.45, 2.75) is 90.5 Å². The Morgan fingerprint density at radius 1 is 1.02 bits per heavy atom. The number of nitrogens with zero attached hydrogens (tertiary/aromatic N) is 6. The summed E-state index contributed by atoms with van der Waals surface area (Å²) in [6, 6.07) is 4.48. The average Bonchev–Trinajstić information content (AvgIpc) is 3.51. The molecule has 3 atom stereocenters. The standard InChI is InChI=1S/C38H39F3N6O5S/c1-22-9-10-32(38(39,40)41)44-29(22)16-31(49)30-17-37-11-13-53(51,52)12-7-5-4-6-8-25-14-26(27-19-42-24(3)43-20-27)15-28-35(23(2)48)45-46(36(25)28)21-34(50)47(30)33(37)18-37/h4,6,9-10,14-15,19-20,30,33H,5,7-8,11-13,16-18,21H2,1-3H3/t30-,33+,37-/m0/s1. The molecule has 0 spiro atoms. The van der Waals surface area contributed by atoms with E-state index in [0.717, 1.165) is 22.8 Å². The molecule has 2 fully saturated rings. The smallest absolute Gasteiger partial charge is 0.327 e. The Labute approximate surface area is 304 Å². The first-order valence-corrected chi connectivity index (χ1v) is 19.4. The van der Waals surface area contributed by atoms with Gasteiger partial charge in [-0.1, -0.05) is 18.2 Å². The molecule has 0 radical (unpaired) electrons. The molecule has 7 rings (SSSR count). The topological polar surface area (TPSA) is 145 Å². The van der Waals surface area contributed by atoms with Crippen LogP contribution < -0.4 is 0 Å². The van der Waals surface area contributed by atoms with Gasteiger partial charge in [-0.3, -0.25) is 19.1 Å². The molecule has 1 saturated carbocycles. The Balaban J connectivity index is 1.30. The van der Waals surface area contributed by atoms with Crippen molar-refractivity contribution >= 4 is 38.2 Å². The molecule has 2 bridgehead atoms. The Kier molecular flexibility index (Phi) is 9.36. The van der Waals surface area contributed by atoms with E-state index < -0.39 is 57.3 Å². The molecule has 11 nitrogen and oxygen atoms in total. The molecule has 1 aliphatic carbocycles. The maximum Gasteiger partial charge on any atom is 0.433 e. The molecule has 0 N–H and O–H groups in total. The molecule has 1 aromatic carbocycles. The van der Waals surface area contributed by atoms with Gasteiger partial charge < -0.3 is 4.90 Å². The average molecular weight is 749 g/mol. The number of carbonyl (C=O) groups excluding carboxylic acids is 3. The Hall–Kier alpha value is -4.79. The number of hydrogen-bond acceptors (Lipinski definition) is 9. The monoisotopic (exact) mass is 748 g/mol. The Morgan fingerprint density at radius 3 is 2.49 bits per heavy atom. The van der Waals surface area contributed by atoms with Gasteiger partial charge in [0.2, 0.25) is 5.91 Å². The van der Waals surface area contributed by atoms with Gasteiger partial charge >= 0.3 is 6.18 Å². The number of aryl methyl sites for hydroxylation is 2. The van der Waals surface area contributed by atoms with Crippen molar-refractivity contribution in [1.82, 2.24) is 29.6 Å². The zero-order chi connectivity index (χ0) is 37.9. The first-order chi connectivity index (χ1) is 25.0. The number of halogens is 3. The number of hydrogen-bond donors (Lipinski definition) is 0. The highest BCUT2D eigenvalue weighted by atomic mass is 32.2. The fourth-order valence-corrected chi connectivity index (χ4v) is 9.41. The number of ketones is 2. The van der Waals surface area contributed by atoms with Crippen LogP contribution in [-0.2, 0) is 45.0 Å². The molecule has 3 aliphatic rings. The molecule has 1 saturated heterocycles. The Morgan fingerprint density at radius 2 is 1.77 bits per heavy atom. The molecule has 3 aromatic heterocycles. The number of piperidine rings is 1. The maximum atomic E-state index is 14.5. The van der Waals surface area contributed by atoms with Crippen LogP contribution in [0.1, 0.15) is 77.9 Å². The zero-order valence-electron chi connectivity index (χ0n) is 29.6. The third-order valence-corrected chi connectivity index (χ3v) is 12.5. The van der Waals surface area contributed by atoms with Crippen molar-refractivity contribution in [3.8, 4) is 11.1 Å². The SMILES string of the molecule is CC(=O)c1nn2c3c(cc(-c4cnc(C)nc4)cc13)CC=CCCCS(=O)(=O)CC[C@@]13C[C@@H](C(=O)Cc4nc(C(F)(F)F)ccc4C)N(C(=O)C2)[C@@H]1C3. The molecule has 15 heteroatoms. The molecule has 278 valence electrons. The first kappa shape index (κ1) is 36.6. The van der Waals surface area contributed by atoms with Gasteiger partial charge in [-0.05, 0) is 92.7 Å². The molecule has 5 heterocycles. The van der Waals surface area contributed by atoms with Gasteiger partial charge in [0, 0.05) is 36.3 Å². The number of pyridine rings is 1. The third-order valence-electron chi connectivity index (χ3n) is 10.8. The minimum absolute atomic E-state index is 0.00845. The summed E-state index contributed by atoms with van der Waals surface area (Å²) >= 11 is 0. The van der Waals surface area contributed by atoms with Gasteiger partial charge in [0.1, 0.15) is 33.6 Å². The number of benzene rings is 1. The van der Waals surface area contributed by atoms with E-state index in [1.165, 1.54) is 22.6 Å². The van der Waals surface area contributed by atoms with E-state index in [-0.39, 0.29) is 48.1 Å². The van der Waals surface area contributed by atoms with Crippen molar-refractivity contribution in [3.63, 3.8) is 0 Å². The maximum absolute atomic E-state index is 14.5. The summed E-state index contributed by atoms with van der Waals surface area (Å²) in [4.78, 5) is 55.4. The number of alkyl halides is 3. The summed E-state index contributed by atoms with van der Waals surface area (Å²) in [5.41, 5.74) is 1.64. The van der Waals surface area contributed by atoms with E-state index in [0.29, 0.717) is 48.0 Å². The second kappa shape index (κ2) is 13.6. The van der Waals surface area contributed by atoms with Crippen molar-refractivity contribution < 1.29 is 36.0 Å². The van der Waals surface area contributed by atoms with Gasteiger partial charge in [-0.2, -0.15) is 18.3 Å². The first-order valence-electron chi connectivity index (χ1n) is 17.6. The number of sulfone groups is 1. The van der Waals surface area contributed by atoms with Crippen molar-refractivity contribution in [3.05, 3.63) is 82.8 Å². The summed E-state index contributed by atoms with van der Waals surface area (Å²) in [6.45, 7) is 4.44. The minimum Gasteiger partial charge on any atom is -0.327 e. The summed E-state index contributed by atoms with van der Waals surface area (Å²) < 4.78 is 68.4. The highest BCUT2D eigenvalue weighted by molar-refractivity contribution is 7.91. The predicted octanol–water partition coefficient (Wildman–Crippen LogP) is 5.60. The fourth-order valence-electron chi connectivity index (χ4n) is 7.88. The van der Waals surface area contributed by atoms with Crippen LogP contribution in [0.5, 0.6) is 0 Å². The van der Waals surface area contributed by atoms with Crippen molar-refractivity contribution in [2.24, 2.45) is 5.41 Å². The van der Waals surface area contributed by atoms with Gasteiger partial charge in [0.05, 0.1) is 35.2 Å². The second-order valence-electron chi connectivity index (χ2n) is 14.5. The van der Waals surface area contributed by atoms with Crippen molar-refractivity contribution in [1.29, 1.82) is 0 Å². The van der Waals surface area contributed by atoms with Crippen LogP contribution >= 0.6 is 0 Å². The molecular weight excluding hydrogens is 710 g/mol. The molecule has 53 heavy (non-hydrogen) atoms. The van der Waals surface area contributed by atoms with E-state index in [1.54, 1.807) is 26.2 Å². The predicted molar refractivity (Wildman–Crippen MR) is 190 cm³/mol. The number of aromatic nitrogens is 5. The highest BCUT2D eigenvalue weighted by Gasteiger charge is 2.66. The van der Waals surface area contributed by atoms with E-state index in [9.17, 15) is 36.0 Å². The number of Topliss-reactive ketones (excluding diaryl/α,β-unsaturated/α-hetero) is 2. The number of carbonyl (C=O) groups is 3. The van der Waals surface area contributed by atoms with E-state index >= 15 is 0 Å². The molecule has 0 unspecified atom stereocenters. The van der Waals surface area contributed by atoms with E-state index in [1.807, 2.05) is 24.3 Å². The quantitative estimate of drug-likeness (QED) is 0.188. The van der Waals surface area contributed by atoms with Gasteiger partial charge in [-0.25, -0.2) is 23.4 Å². The van der Waals surface area contributed by atoms with Crippen LogP contribution in [0.3, 0.4) is 0 Å². The lowest BCUT2D eigenvalue weighted by molar-refractivity contribution is -0.141. The van der Waals surface area contributed by atoms with Crippen LogP contribution in [0, 0.1) is 19.3 Å². The lowest BCUT2D eigenvalue weighted by Gasteiger charge is -2.27. The molecule has 2 aliphatic heterocycles. The molecule has 1 amide bonds. The van der Waals surface area contributed by atoms with Gasteiger partial charge in [0.15, 0.2) is 11.6 Å². The van der Waals surface area contributed by atoms with Gasteiger partial charge in [0.25, 0.3) is 0 Å². The van der Waals surface area contributed by atoms with Crippen LogP contribution in [0.4, 0.5) is 13.2 Å². The summed E-state index contributed by atoms with van der Waals surface area (Å²) in [7, 11) is -3.43. The lowest BCUT2D eigenvalue weighted by Crippen LogP contribution is -2.45. The van der Waals surface area contributed by atoms with E-state index in [4.69, 9.17) is 0 Å². The number of amides is 1. The highest BCUT2D eigenvalue weighted by Crippen LogP contribution is 2.62. The summed E-state index contributed by atoms with van der Waals surface area (Å²) in [6.07, 6.45) is 4.43. The number of allylic oxidation sites excluding steroid dienone is 2. The summed E-state index contributed by atoms with van der Waals surface area (Å²) in [5, 5.41) is 5.18. The zero-order valence-corrected chi connectivity index (χ0v) is 30.4. The largest absolute Gasteiger partial charge is 0.433 e. The number of rotatable bonds is 5. The fraction of sp³-hybridized carbons (Fsp3) is 0.447. The normalized spacial score (nSPS) is 23.1.